The van der Waals surface area contributed by atoms with E-state index >= 15 is 0 Å². The molecular formula is C18H20N6O5S2. The molecule has 31 heavy (non-hydrogen) atoms. The maximum absolute atomic E-state index is 12.9. The Balaban J connectivity index is 1.49. The molecule has 1 N–H and O–H groups in total. The van der Waals surface area contributed by atoms with Crippen LogP contribution in [0.15, 0.2) is 41.9 Å². The molecule has 1 aliphatic rings. The van der Waals surface area contributed by atoms with Gasteiger partial charge in [0.05, 0.1) is 31.9 Å². The summed E-state index contributed by atoms with van der Waals surface area (Å²) in [5.74, 6) is 0.0358. The number of pyridine rings is 1. The first kappa shape index (κ1) is 21.4. The molecule has 0 saturated carbocycles. The van der Waals surface area contributed by atoms with Gasteiger partial charge in [-0.1, -0.05) is 17.4 Å². The van der Waals surface area contributed by atoms with Crippen LogP contribution in [0.2, 0.25) is 0 Å². The highest BCUT2D eigenvalue weighted by Crippen LogP contribution is 2.27. The van der Waals surface area contributed by atoms with Gasteiger partial charge in [-0.15, -0.1) is 0 Å². The van der Waals surface area contributed by atoms with Crippen molar-refractivity contribution in [1.82, 2.24) is 23.8 Å². The Labute approximate surface area is 182 Å². The summed E-state index contributed by atoms with van der Waals surface area (Å²) < 4.78 is 39.2. The van der Waals surface area contributed by atoms with Gasteiger partial charge in [-0.25, -0.2) is 28.2 Å². The van der Waals surface area contributed by atoms with Gasteiger partial charge < -0.3 is 19.4 Å². The van der Waals surface area contributed by atoms with Crippen LogP contribution in [0.5, 0.6) is 0 Å². The number of rotatable bonds is 6. The summed E-state index contributed by atoms with van der Waals surface area (Å²) >= 11 is 1.14. The predicted molar refractivity (Wildman–Crippen MR) is 112 cm³/mol. The average Bonchev–Trinajstić information content (AvgIpc) is 3.43. The van der Waals surface area contributed by atoms with Crippen LogP contribution in [-0.4, -0.2) is 65.0 Å². The van der Waals surface area contributed by atoms with Crippen molar-refractivity contribution < 1.29 is 22.7 Å². The molecule has 1 atom stereocenters. The number of aromatic nitrogens is 4. The third kappa shape index (κ3) is 4.58. The number of hydrogen-bond donors (Lipinski definition) is 1. The van der Waals surface area contributed by atoms with Crippen molar-refractivity contribution in [2.24, 2.45) is 7.05 Å². The van der Waals surface area contributed by atoms with Crippen molar-refractivity contribution >= 4 is 38.3 Å². The summed E-state index contributed by atoms with van der Waals surface area (Å²) in [5.41, 5.74) is 0.579. The van der Waals surface area contributed by atoms with Gasteiger partial charge in [-0.2, -0.15) is 4.31 Å². The second-order valence-electron chi connectivity index (χ2n) is 6.69. The third-order valence-electron chi connectivity index (χ3n) is 4.54. The minimum absolute atomic E-state index is 0.00389. The zero-order chi connectivity index (χ0) is 22.0. The number of esters is 1. The average molecular weight is 465 g/mol. The monoisotopic (exact) mass is 464 g/mol. The second-order valence-corrected chi connectivity index (χ2v) is 9.61. The molecule has 13 heteroatoms. The maximum Gasteiger partial charge on any atom is 0.349 e. The number of carbonyl (C=O) groups is 1. The zero-order valence-corrected chi connectivity index (χ0v) is 18.4. The summed E-state index contributed by atoms with van der Waals surface area (Å²) in [4.78, 5) is 24.6. The number of sulfonamides is 1. The smallest absolute Gasteiger partial charge is 0.349 e. The number of methoxy groups -OCH3 is 1. The van der Waals surface area contributed by atoms with Crippen molar-refractivity contribution in [1.29, 1.82) is 0 Å². The fraction of sp³-hybridized carbons (Fsp3) is 0.333. The number of ether oxygens (including phenoxy) is 2. The van der Waals surface area contributed by atoms with Crippen LogP contribution in [0, 0.1) is 0 Å². The van der Waals surface area contributed by atoms with E-state index in [-0.39, 0.29) is 24.7 Å². The van der Waals surface area contributed by atoms with Crippen LogP contribution in [0.25, 0.3) is 0 Å². The number of aryl methyl sites for hydroxylation is 1. The number of hydrogen-bond acceptors (Lipinski definition) is 10. The van der Waals surface area contributed by atoms with E-state index in [9.17, 15) is 13.2 Å². The first-order chi connectivity index (χ1) is 14.9. The van der Waals surface area contributed by atoms with Crippen LogP contribution < -0.4 is 5.32 Å². The predicted octanol–water partition coefficient (Wildman–Crippen LogP) is 1.56. The zero-order valence-electron chi connectivity index (χ0n) is 16.8. The number of carbonyl (C=O) groups excluding carboxylic acids is 1. The molecule has 11 nitrogen and oxygen atoms in total. The van der Waals surface area contributed by atoms with Crippen LogP contribution in [0.3, 0.4) is 0 Å². The number of imidazole rings is 1. The first-order valence-corrected chi connectivity index (χ1v) is 11.5. The standard InChI is InChI=1S/C18H20N6O5S2/c1-23-10-16(20-11-23)31(26,27)24-6-7-29-13(9-24)12-4-3-5-15(21-12)22-18-19-8-14(30-18)17(25)28-2/h3-5,8,10-11,13H,6-7,9H2,1-2H3,(H,19,21,22)/t13-/m1/s1. The van der Waals surface area contributed by atoms with Crippen molar-refractivity contribution in [3.63, 3.8) is 0 Å². The summed E-state index contributed by atoms with van der Waals surface area (Å²) in [6.07, 6.45) is 3.81. The largest absolute Gasteiger partial charge is 0.465 e. The molecule has 4 rings (SSSR count). The maximum atomic E-state index is 12.9. The highest BCUT2D eigenvalue weighted by atomic mass is 32.2. The Morgan fingerprint density at radius 2 is 2.19 bits per heavy atom. The van der Waals surface area contributed by atoms with E-state index in [1.807, 2.05) is 0 Å². The highest BCUT2D eigenvalue weighted by Gasteiger charge is 2.33. The van der Waals surface area contributed by atoms with Gasteiger partial charge in [0.1, 0.15) is 16.8 Å². The molecule has 0 radical (unpaired) electrons. The van der Waals surface area contributed by atoms with E-state index in [2.05, 4.69) is 25.0 Å². The van der Waals surface area contributed by atoms with E-state index < -0.39 is 22.1 Å². The molecule has 4 heterocycles. The van der Waals surface area contributed by atoms with Crippen molar-refractivity contribution in [2.45, 2.75) is 11.1 Å². The van der Waals surface area contributed by atoms with Crippen LogP contribution in [0.4, 0.5) is 10.9 Å². The SMILES string of the molecule is COC(=O)c1cnc(Nc2cccc([C@H]3CN(S(=O)(=O)c4cn(C)cn4)CCO3)n2)s1. The van der Waals surface area contributed by atoms with Gasteiger partial charge in [-0.05, 0) is 12.1 Å². The molecule has 3 aromatic rings. The minimum atomic E-state index is -3.72. The summed E-state index contributed by atoms with van der Waals surface area (Å²) in [6.45, 7) is 0.604. The molecule has 164 valence electrons. The van der Waals surface area contributed by atoms with E-state index in [0.29, 0.717) is 21.5 Å². The number of nitrogens with one attached hydrogen (secondary N) is 1. The quantitative estimate of drug-likeness (QED) is 0.540. The summed E-state index contributed by atoms with van der Waals surface area (Å²) in [5, 5.41) is 3.53. The molecule has 0 aromatic carbocycles. The van der Waals surface area contributed by atoms with Crippen LogP contribution in [-0.2, 0) is 26.5 Å². The van der Waals surface area contributed by atoms with E-state index in [0.717, 1.165) is 11.3 Å². The molecule has 1 aliphatic heterocycles. The van der Waals surface area contributed by atoms with Gasteiger partial charge in [0.15, 0.2) is 10.2 Å². The normalized spacial score (nSPS) is 17.4. The lowest BCUT2D eigenvalue weighted by Crippen LogP contribution is -2.42. The van der Waals surface area contributed by atoms with E-state index in [1.165, 1.54) is 30.1 Å². The van der Waals surface area contributed by atoms with Gasteiger partial charge in [0.25, 0.3) is 10.0 Å². The lowest BCUT2D eigenvalue weighted by molar-refractivity contribution is -0.00492. The second kappa shape index (κ2) is 8.70. The van der Waals surface area contributed by atoms with Crippen molar-refractivity contribution in [3.05, 3.63) is 47.5 Å². The van der Waals surface area contributed by atoms with Crippen LogP contribution in [0.1, 0.15) is 21.5 Å². The fourth-order valence-corrected chi connectivity index (χ4v) is 5.15. The van der Waals surface area contributed by atoms with E-state index in [4.69, 9.17) is 4.74 Å². The number of thiazole rings is 1. The number of anilines is 2. The molecule has 1 saturated heterocycles. The molecule has 1 fully saturated rings. The molecule has 0 amide bonds. The summed E-state index contributed by atoms with van der Waals surface area (Å²) in [7, 11) is -0.700. The lowest BCUT2D eigenvalue weighted by Gasteiger charge is -2.31. The Morgan fingerprint density at radius 3 is 2.94 bits per heavy atom. The van der Waals surface area contributed by atoms with Gasteiger partial charge in [-0.3, -0.25) is 0 Å². The molecule has 0 bridgehead atoms. The molecule has 0 spiro atoms. The molecule has 0 aliphatic carbocycles. The Hall–Kier alpha value is -2.87. The topological polar surface area (TPSA) is 129 Å². The van der Waals surface area contributed by atoms with Crippen molar-refractivity contribution in [2.75, 3.05) is 32.1 Å². The van der Waals surface area contributed by atoms with Crippen LogP contribution >= 0.6 is 11.3 Å². The first-order valence-electron chi connectivity index (χ1n) is 9.24. The van der Waals surface area contributed by atoms with Gasteiger partial charge >= 0.3 is 5.97 Å². The highest BCUT2D eigenvalue weighted by molar-refractivity contribution is 7.89. The van der Waals surface area contributed by atoms with Gasteiger partial charge in [0.2, 0.25) is 0 Å². The van der Waals surface area contributed by atoms with Gasteiger partial charge in [0, 0.05) is 26.3 Å². The fourth-order valence-electron chi connectivity index (χ4n) is 3.01. The minimum Gasteiger partial charge on any atom is -0.465 e. The molecular weight excluding hydrogens is 444 g/mol. The van der Waals surface area contributed by atoms with E-state index in [1.54, 1.807) is 29.8 Å². The Kier molecular flexibility index (Phi) is 6.00. The lowest BCUT2D eigenvalue weighted by atomic mass is 10.2. The Morgan fingerprint density at radius 1 is 1.35 bits per heavy atom. The van der Waals surface area contributed by atoms with Crippen molar-refractivity contribution in [3.8, 4) is 0 Å². The molecule has 0 unspecified atom stereocenters. The number of nitrogens with zero attached hydrogens (tertiary/aromatic N) is 5. The Bertz CT molecular complexity index is 1190. The third-order valence-corrected chi connectivity index (χ3v) is 7.19. The molecule has 3 aromatic heterocycles. The summed E-state index contributed by atoms with van der Waals surface area (Å²) in [6, 6.07) is 5.30. The number of morpholine rings is 1.